The zero-order chi connectivity index (χ0) is 17.1. The van der Waals surface area contributed by atoms with Gasteiger partial charge < -0.3 is 19.9 Å². The van der Waals surface area contributed by atoms with Gasteiger partial charge in [-0.3, -0.25) is 4.79 Å². The molecule has 24 heavy (non-hydrogen) atoms. The monoisotopic (exact) mass is 351 g/mol. The van der Waals surface area contributed by atoms with Gasteiger partial charge in [0, 0.05) is 12.1 Å². The summed E-state index contributed by atoms with van der Waals surface area (Å²) in [5, 5.41) is 11.6. The van der Waals surface area contributed by atoms with Gasteiger partial charge in [-0.2, -0.15) is 0 Å². The van der Waals surface area contributed by atoms with Gasteiger partial charge in [-0.05, 0) is 36.2 Å². The van der Waals surface area contributed by atoms with E-state index < -0.39 is 5.97 Å². The molecule has 3 rings (SSSR count). The number of benzene rings is 1. The molecule has 0 bridgehead atoms. The third-order valence-corrected chi connectivity index (χ3v) is 4.54. The van der Waals surface area contributed by atoms with Gasteiger partial charge in [0.15, 0.2) is 6.79 Å². The first kappa shape index (κ1) is 16.4. The molecule has 2 heterocycles. The Kier molecular flexibility index (Phi) is 4.77. The molecule has 0 aliphatic carbocycles. The second-order valence-electron chi connectivity index (χ2n) is 5.14. The average Bonchev–Trinajstić information content (AvgIpc) is 3.05. The lowest BCUT2D eigenvalue weighted by atomic mass is 10.1. The number of carbonyl (C=O) groups excluding carboxylic acids is 1. The van der Waals surface area contributed by atoms with E-state index in [0.29, 0.717) is 34.8 Å². The van der Waals surface area contributed by atoms with Crippen molar-refractivity contribution in [1.29, 1.82) is 0 Å². The largest absolute Gasteiger partial charge is 0.477 e. The Labute approximate surface area is 140 Å². The van der Waals surface area contributed by atoms with Crippen molar-refractivity contribution in [1.82, 2.24) is 5.32 Å². The van der Waals surface area contributed by atoms with Gasteiger partial charge in [0.1, 0.15) is 16.4 Å². The van der Waals surface area contributed by atoms with Crippen LogP contribution in [0.15, 0.2) is 24.3 Å². The molecule has 126 valence electrons. The molecule has 8 heteroatoms. The van der Waals surface area contributed by atoms with Gasteiger partial charge in [0.25, 0.3) is 5.91 Å². The standard InChI is InChI=1S/C16H14FNO5S/c17-11-5-9(14-10(6-11)7-22-8-23-14)3-4-18-15(19)12-1-2-13(24-12)16(20)21/h1-2,5-6H,3-4,7-8H2,(H,18,19)(H,20,21). The smallest absolute Gasteiger partial charge is 0.345 e. The molecule has 0 spiro atoms. The Morgan fingerprint density at radius 1 is 1.29 bits per heavy atom. The zero-order valence-electron chi connectivity index (χ0n) is 12.5. The number of carbonyl (C=O) groups is 2. The highest BCUT2D eigenvalue weighted by Gasteiger charge is 2.17. The van der Waals surface area contributed by atoms with Crippen molar-refractivity contribution in [2.75, 3.05) is 13.3 Å². The number of rotatable bonds is 5. The van der Waals surface area contributed by atoms with E-state index in [1.807, 2.05) is 0 Å². The van der Waals surface area contributed by atoms with E-state index in [-0.39, 0.29) is 29.9 Å². The Hall–Kier alpha value is -2.45. The molecule has 0 atom stereocenters. The Bertz CT molecular complexity index is 789. The third kappa shape index (κ3) is 3.55. The van der Waals surface area contributed by atoms with Gasteiger partial charge >= 0.3 is 5.97 Å². The van der Waals surface area contributed by atoms with Crippen molar-refractivity contribution in [2.24, 2.45) is 0 Å². The molecule has 0 saturated carbocycles. The van der Waals surface area contributed by atoms with Crippen LogP contribution in [0.5, 0.6) is 5.75 Å². The number of carboxylic acids is 1. The van der Waals surface area contributed by atoms with E-state index in [0.717, 1.165) is 11.3 Å². The van der Waals surface area contributed by atoms with Crippen LogP contribution in [0, 0.1) is 5.82 Å². The van der Waals surface area contributed by atoms with Gasteiger partial charge in [0.2, 0.25) is 0 Å². The van der Waals surface area contributed by atoms with E-state index >= 15 is 0 Å². The Morgan fingerprint density at radius 3 is 2.83 bits per heavy atom. The van der Waals surface area contributed by atoms with Crippen LogP contribution < -0.4 is 10.1 Å². The first-order chi connectivity index (χ1) is 11.5. The van der Waals surface area contributed by atoms with Crippen molar-refractivity contribution in [3.63, 3.8) is 0 Å². The molecule has 0 unspecified atom stereocenters. The number of nitrogens with one attached hydrogen (secondary N) is 1. The highest BCUT2D eigenvalue weighted by Crippen LogP contribution is 2.29. The number of halogens is 1. The van der Waals surface area contributed by atoms with Crippen LogP contribution in [-0.2, 0) is 17.8 Å². The summed E-state index contributed by atoms with van der Waals surface area (Å²) in [4.78, 5) is 23.3. The second-order valence-corrected chi connectivity index (χ2v) is 6.22. The molecule has 1 aromatic carbocycles. The Morgan fingerprint density at radius 2 is 2.08 bits per heavy atom. The first-order valence-corrected chi connectivity index (χ1v) is 7.99. The fourth-order valence-corrected chi connectivity index (χ4v) is 3.18. The number of ether oxygens (including phenoxy) is 2. The minimum absolute atomic E-state index is 0.104. The number of aromatic carboxylic acids is 1. The molecular weight excluding hydrogens is 337 g/mol. The van der Waals surface area contributed by atoms with E-state index in [4.69, 9.17) is 14.6 Å². The van der Waals surface area contributed by atoms with Crippen molar-refractivity contribution >= 4 is 23.2 Å². The number of hydrogen-bond donors (Lipinski definition) is 2. The van der Waals surface area contributed by atoms with E-state index in [2.05, 4.69) is 5.32 Å². The molecule has 2 aromatic rings. The van der Waals surface area contributed by atoms with Gasteiger partial charge in [-0.25, -0.2) is 9.18 Å². The summed E-state index contributed by atoms with van der Waals surface area (Å²) < 4.78 is 24.2. The molecule has 6 nitrogen and oxygen atoms in total. The summed E-state index contributed by atoms with van der Waals surface area (Å²) >= 11 is 0.908. The maximum Gasteiger partial charge on any atom is 0.345 e. The SMILES string of the molecule is O=C(O)c1ccc(C(=O)NCCc2cc(F)cc3c2OCOC3)s1. The van der Waals surface area contributed by atoms with Gasteiger partial charge in [0.05, 0.1) is 11.5 Å². The van der Waals surface area contributed by atoms with Crippen LogP contribution >= 0.6 is 11.3 Å². The molecule has 2 N–H and O–H groups in total. The van der Waals surface area contributed by atoms with Crippen LogP contribution in [0.25, 0.3) is 0 Å². The zero-order valence-corrected chi connectivity index (χ0v) is 13.3. The lowest BCUT2D eigenvalue weighted by Gasteiger charge is -2.20. The van der Waals surface area contributed by atoms with Crippen molar-refractivity contribution < 1.29 is 28.6 Å². The summed E-state index contributed by atoms with van der Waals surface area (Å²) in [5.41, 5.74) is 1.30. The van der Waals surface area contributed by atoms with Crippen molar-refractivity contribution in [3.05, 3.63) is 51.0 Å². The fourth-order valence-electron chi connectivity index (χ4n) is 2.42. The average molecular weight is 351 g/mol. The number of amides is 1. The quantitative estimate of drug-likeness (QED) is 0.864. The fraction of sp³-hybridized carbons (Fsp3) is 0.250. The first-order valence-electron chi connectivity index (χ1n) is 7.18. The highest BCUT2D eigenvalue weighted by molar-refractivity contribution is 7.15. The van der Waals surface area contributed by atoms with Crippen molar-refractivity contribution in [2.45, 2.75) is 13.0 Å². The minimum Gasteiger partial charge on any atom is -0.477 e. The third-order valence-electron chi connectivity index (χ3n) is 3.47. The topological polar surface area (TPSA) is 84.9 Å². The molecule has 1 aliphatic rings. The number of fused-ring (bicyclic) bond motifs is 1. The molecule has 1 aliphatic heterocycles. The Balaban J connectivity index is 1.63. The normalized spacial score (nSPS) is 13.0. The molecule has 1 aromatic heterocycles. The maximum atomic E-state index is 13.6. The summed E-state index contributed by atoms with van der Waals surface area (Å²) in [6.45, 7) is 0.685. The summed E-state index contributed by atoms with van der Waals surface area (Å²) in [6.07, 6.45) is 0.392. The number of carboxylic acid groups (broad SMARTS) is 1. The summed E-state index contributed by atoms with van der Waals surface area (Å²) in [7, 11) is 0. The minimum atomic E-state index is -1.06. The summed E-state index contributed by atoms with van der Waals surface area (Å²) in [6, 6.07) is 5.60. The van der Waals surface area contributed by atoms with Crippen LogP contribution in [0.2, 0.25) is 0 Å². The van der Waals surface area contributed by atoms with Crippen LogP contribution in [0.4, 0.5) is 4.39 Å². The molecule has 1 amide bonds. The van der Waals surface area contributed by atoms with Crippen LogP contribution in [0.1, 0.15) is 30.5 Å². The summed E-state index contributed by atoms with van der Waals surface area (Å²) in [5.74, 6) is -1.21. The maximum absolute atomic E-state index is 13.6. The van der Waals surface area contributed by atoms with Crippen molar-refractivity contribution in [3.8, 4) is 5.75 Å². The van der Waals surface area contributed by atoms with Crippen LogP contribution in [-0.4, -0.2) is 30.3 Å². The number of thiophene rings is 1. The molecular formula is C16H14FNO5S. The highest BCUT2D eigenvalue weighted by atomic mass is 32.1. The van der Waals surface area contributed by atoms with E-state index in [1.54, 1.807) is 0 Å². The predicted octanol–water partition coefficient (Wildman–Crippen LogP) is 2.42. The van der Waals surface area contributed by atoms with Gasteiger partial charge in [-0.15, -0.1) is 11.3 Å². The lowest BCUT2D eigenvalue weighted by Crippen LogP contribution is -2.25. The molecule has 0 fully saturated rings. The second kappa shape index (κ2) is 6.98. The van der Waals surface area contributed by atoms with E-state index in [9.17, 15) is 14.0 Å². The molecule has 0 radical (unpaired) electrons. The van der Waals surface area contributed by atoms with Crippen LogP contribution in [0.3, 0.4) is 0 Å². The predicted molar refractivity (Wildman–Crippen MR) is 84.0 cm³/mol. The van der Waals surface area contributed by atoms with E-state index in [1.165, 1.54) is 24.3 Å². The number of hydrogen-bond acceptors (Lipinski definition) is 5. The lowest BCUT2D eigenvalue weighted by molar-refractivity contribution is -0.0172. The van der Waals surface area contributed by atoms with Gasteiger partial charge in [-0.1, -0.05) is 0 Å². The molecule has 0 saturated heterocycles.